The molecule has 2 N–H and O–H groups in total. The summed E-state index contributed by atoms with van der Waals surface area (Å²) < 4.78 is 5.35. The zero-order valence-electron chi connectivity index (χ0n) is 9.72. The van der Waals surface area contributed by atoms with Gasteiger partial charge in [-0.15, -0.1) is 0 Å². The maximum atomic E-state index is 6.13. The number of hydrogen-bond donors (Lipinski definition) is 1. The van der Waals surface area contributed by atoms with Crippen LogP contribution in [0.5, 0.6) is 0 Å². The summed E-state index contributed by atoms with van der Waals surface area (Å²) in [5, 5.41) is 0.643. The molecule has 88 valence electrons. The Morgan fingerprint density at radius 3 is 2.50 bits per heavy atom. The molecule has 0 bridgehead atoms. The molecule has 1 fully saturated rings. The Kier molecular flexibility index (Phi) is 3.26. The lowest BCUT2D eigenvalue weighted by Crippen LogP contribution is -2.36. The van der Waals surface area contributed by atoms with Crippen LogP contribution in [0.25, 0.3) is 0 Å². The summed E-state index contributed by atoms with van der Waals surface area (Å²) in [6, 6.07) is 1.96. The molecule has 1 saturated heterocycles. The van der Waals surface area contributed by atoms with Gasteiger partial charge < -0.3 is 15.4 Å². The van der Waals surface area contributed by atoms with Gasteiger partial charge in [-0.2, -0.15) is 0 Å². The van der Waals surface area contributed by atoms with Gasteiger partial charge in [0, 0.05) is 18.8 Å². The van der Waals surface area contributed by atoms with Crippen molar-refractivity contribution in [1.29, 1.82) is 0 Å². The molecule has 1 heterocycles. The number of benzene rings is 1. The highest BCUT2D eigenvalue weighted by atomic mass is 35.5. The summed E-state index contributed by atoms with van der Waals surface area (Å²) in [7, 11) is 0. The van der Waals surface area contributed by atoms with Crippen molar-refractivity contribution in [1.82, 2.24) is 0 Å². The fourth-order valence-electron chi connectivity index (χ4n) is 2.01. The van der Waals surface area contributed by atoms with Crippen molar-refractivity contribution in [2.75, 3.05) is 36.9 Å². The van der Waals surface area contributed by atoms with Crippen molar-refractivity contribution >= 4 is 23.0 Å². The largest absolute Gasteiger partial charge is 0.397 e. The molecule has 16 heavy (non-hydrogen) atoms. The molecule has 1 aromatic carbocycles. The smallest absolute Gasteiger partial charge is 0.0658 e. The van der Waals surface area contributed by atoms with Crippen molar-refractivity contribution in [3.05, 3.63) is 22.2 Å². The van der Waals surface area contributed by atoms with Gasteiger partial charge in [0.1, 0.15) is 0 Å². The third kappa shape index (κ3) is 1.97. The highest BCUT2D eigenvalue weighted by Crippen LogP contribution is 2.33. The van der Waals surface area contributed by atoms with Crippen LogP contribution < -0.4 is 10.6 Å². The van der Waals surface area contributed by atoms with Gasteiger partial charge in [-0.05, 0) is 31.0 Å². The zero-order valence-corrected chi connectivity index (χ0v) is 10.5. The first-order valence-corrected chi connectivity index (χ1v) is 5.87. The summed E-state index contributed by atoms with van der Waals surface area (Å²) in [5.74, 6) is 0. The van der Waals surface area contributed by atoms with Crippen LogP contribution >= 0.6 is 11.6 Å². The standard InChI is InChI=1S/C12H17ClN2O/c1-8-9(2)12(14)10(13)7-11(8)15-3-5-16-6-4-15/h7H,3-6,14H2,1-2H3. The van der Waals surface area contributed by atoms with E-state index in [0.717, 1.165) is 31.9 Å². The lowest BCUT2D eigenvalue weighted by Gasteiger charge is -2.31. The lowest BCUT2D eigenvalue weighted by molar-refractivity contribution is 0.122. The Hall–Kier alpha value is -0.930. The fraction of sp³-hybridized carbons (Fsp3) is 0.500. The minimum absolute atomic E-state index is 0.643. The number of halogens is 1. The summed E-state index contributed by atoms with van der Waals surface area (Å²) >= 11 is 6.13. The summed E-state index contributed by atoms with van der Waals surface area (Å²) in [6.45, 7) is 7.50. The highest BCUT2D eigenvalue weighted by Gasteiger charge is 2.16. The normalized spacial score (nSPS) is 16.6. The van der Waals surface area contributed by atoms with Gasteiger partial charge in [-0.25, -0.2) is 0 Å². The highest BCUT2D eigenvalue weighted by molar-refractivity contribution is 6.33. The van der Waals surface area contributed by atoms with Crippen LogP contribution in [0.15, 0.2) is 6.07 Å². The molecule has 0 spiro atoms. The molecule has 0 radical (unpaired) electrons. The molecule has 0 atom stereocenters. The molecule has 0 unspecified atom stereocenters. The maximum absolute atomic E-state index is 6.13. The van der Waals surface area contributed by atoms with E-state index in [1.54, 1.807) is 0 Å². The van der Waals surface area contributed by atoms with Crippen molar-refractivity contribution in [3.63, 3.8) is 0 Å². The summed E-state index contributed by atoms with van der Waals surface area (Å²) in [6.07, 6.45) is 0. The summed E-state index contributed by atoms with van der Waals surface area (Å²) in [4.78, 5) is 2.30. The van der Waals surface area contributed by atoms with E-state index < -0.39 is 0 Å². The Morgan fingerprint density at radius 1 is 1.25 bits per heavy atom. The van der Waals surface area contributed by atoms with E-state index in [0.29, 0.717) is 10.7 Å². The van der Waals surface area contributed by atoms with E-state index >= 15 is 0 Å². The van der Waals surface area contributed by atoms with Gasteiger partial charge in [0.15, 0.2) is 0 Å². The Labute approximate surface area is 101 Å². The van der Waals surface area contributed by atoms with Crippen LogP contribution in [0.4, 0.5) is 11.4 Å². The first-order valence-electron chi connectivity index (χ1n) is 5.49. The van der Waals surface area contributed by atoms with E-state index in [9.17, 15) is 0 Å². The Bertz CT molecular complexity index is 400. The molecule has 1 aliphatic heterocycles. The van der Waals surface area contributed by atoms with E-state index in [1.807, 2.05) is 13.0 Å². The number of nitrogen functional groups attached to an aromatic ring is 1. The molecule has 1 aromatic rings. The quantitative estimate of drug-likeness (QED) is 0.766. The van der Waals surface area contributed by atoms with Crippen LogP contribution in [-0.2, 0) is 4.74 Å². The average Bonchev–Trinajstić information content (AvgIpc) is 2.32. The topological polar surface area (TPSA) is 38.5 Å². The van der Waals surface area contributed by atoms with Crippen molar-refractivity contribution in [2.24, 2.45) is 0 Å². The third-order valence-electron chi connectivity index (χ3n) is 3.22. The average molecular weight is 241 g/mol. The van der Waals surface area contributed by atoms with Gasteiger partial charge in [-0.3, -0.25) is 0 Å². The number of nitrogens with zero attached hydrogens (tertiary/aromatic N) is 1. The molecular formula is C12H17ClN2O. The molecule has 0 aliphatic carbocycles. The minimum Gasteiger partial charge on any atom is -0.397 e. The molecule has 0 saturated carbocycles. The van der Waals surface area contributed by atoms with Crippen LogP contribution in [0, 0.1) is 13.8 Å². The van der Waals surface area contributed by atoms with E-state index in [2.05, 4.69) is 11.8 Å². The van der Waals surface area contributed by atoms with Crippen LogP contribution in [0.2, 0.25) is 5.02 Å². The van der Waals surface area contributed by atoms with Crippen LogP contribution in [-0.4, -0.2) is 26.3 Å². The van der Waals surface area contributed by atoms with Crippen LogP contribution in [0.1, 0.15) is 11.1 Å². The monoisotopic (exact) mass is 240 g/mol. The SMILES string of the molecule is Cc1c(N2CCOCC2)cc(Cl)c(N)c1C. The van der Waals surface area contributed by atoms with Crippen LogP contribution in [0.3, 0.4) is 0 Å². The maximum Gasteiger partial charge on any atom is 0.0658 e. The molecule has 1 aliphatic rings. The molecule has 0 aromatic heterocycles. The van der Waals surface area contributed by atoms with Gasteiger partial charge in [0.25, 0.3) is 0 Å². The Morgan fingerprint density at radius 2 is 1.88 bits per heavy atom. The van der Waals surface area contributed by atoms with Crippen molar-refractivity contribution < 1.29 is 4.74 Å². The molecule has 2 rings (SSSR count). The van der Waals surface area contributed by atoms with E-state index in [4.69, 9.17) is 22.1 Å². The molecule has 4 heteroatoms. The minimum atomic E-state index is 0.643. The third-order valence-corrected chi connectivity index (χ3v) is 3.54. The molecular weight excluding hydrogens is 224 g/mol. The second kappa shape index (κ2) is 4.52. The van der Waals surface area contributed by atoms with Gasteiger partial charge >= 0.3 is 0 Å². The predicted molar refractivity (Wildman–Crippen MR) is 68.4 cm³/mol. The number of morpholine rings is 1. The van der Waals surface area contributed by atoms with Gasteiger partial charge in [-0.1, -0.05) is 11.6 Å². The predicted octanol–water partition coefficient (Wildman–Crippen LogP) is 2.38. The number of anilines is 2. The number of nitrogens with two attached hydrogens (primary N) is 1. The van der Waals surface area contributed by atoms with E-state index in [1.165, 1.54) is 11.3 Å². The second-order valence-electron chi connectivity index (χ2n) is 4.14. The summed E-state index contributed by atoms with van der Waals surface area (Å²) in [5.41, 5.74) is 10.1. The van der Waals surface area contributed by atoms with Gasteiger partial charge in [0.2, 0.25) is 0 Å². The Balaban J connectivity index is 2.40. The number of ether oxygens (including phenoxy) is 1. The first-order chi connectivity index (χ1) is 7.61. The fourth-order valence-corrected chi connectivity index (χ4v) is 2.26. The van der Waals surface area contributed by atoms with Crippen molar-refractivity contribution in [2.45, 2.75) is 13.8 Å². The first kappa shape index (κ1) is 11.6. The second-order valence-corrected chi connectivity index (χ2v) is 4.55. The molecule has 0 amide bonds. The zero-order chi connectivity index (χ0) is 11.7. The van der Waals surface area contributed by atoms with Gasteiger partial charge in [0.05, 0.1) is 23.9 Å². The number of hydrogen-bond acceptors (Lipinski definition) is 3. The van der Waals surface area contributed by atoms with E-state index in [-0.39, 0.29) is 0 Å². The molecule has 3 nitrogen and oxygen atoms in total. The van der Waals surface area contributed by atoms with Crippen molar-refractivity contribution in [3.8, 4) is 0 Å². The number of rotatable bonds is 1. The lowest BCUT2D eigenvalue weighted by atomic mass is 10.0.